The smallest absolute Gasteiger partial charge is 0.290 e. The minimum absolute atomic E-state index is 0.0129. The van der Waals surface area contributed by atoms with Crippen molar-refractivity contribution in [2.75, 3.05) is 18.5 Å². The van der Waals surface area contributed by atoms with Gasteiger partial charge in [-0.1, -0.05) is 0 Å². The molecule has 0 amide bonds. The summed E-state index contributed by atoms with van der Waals surface area (Å²) in [5, 5.41) is 14.0. The van der Waals surface area contributed by atoms with Gasteiger partial charge < -0.3 is 14.8 Å². The van der Waals surface area contributed by atoms with E-state index in [4.69, 9.17) is 9.47 Å². The van der Waals surface area contributed by atoms with Crippen molar-refractivity contribution in [3.8, 4) is 5.88 Å². The third-order valence-corrected chi connectivity index (χ3v) is 3.70. The number of nitrogens with one attached hydrogen (secondary N) is 1. The van der Waals surface area contributed by atoms with E-state index < -0.39 is 4.92 Å². The van der Waals surface area contributed by atoms with E-state index >= 15 is 0 Å². The van der Waals surface area contributed by atoms with Gasteiger partial charge in [0.1, 0.15) is 17.6 Å². The Morgan fingerprint density at radius 1 is 1.46 bits per heavy atom. The Kier molecular flexibility index (Phi) is 4.85. The van der Waals surface area contributed by atoms with Crippen molar-refractivity contribution in [1.82, 2.24) is 9.97 Å². The van der Waals surface area contributed by atoms with Gasteiger partial charge in [0.05, 0.1) is 18.1 Å². The molecule has 3 rings (SSSR count). The van der Waals surface area contributed by atoms with Gasteiger partial charge in [-0.3, -0.25) is 10.1 Å². The molecule has 3 heterocycles. The molecule has 1 N–H and O–H groups in total. The average Bonchev–Trinajstić information content (AvgIpc) is 3.06. The van der Waals surface area contributed by atoms with E-state index in [1.54, 1.807) is 19.2 Å². The summed E-state index contributed by atoms with van der Waals surface area (Å²) < 4.78 is 11.1. The molecule has 126 valence electrons. The molecule has 8 nitrogen and oxygen atoms in total. The number of ether oxygens (including phenoxy) is 2. The van der Waals surface area contributed by atoms with E-state index in [2.05, 4.69) is 15.3 Å². The largest absolute Gasteiger partial charge is 0.472 e. The van der Waals surface area contributed by atoms with Crippen LogP contribution in [0.15, 0.2) is 30.5 Å². The van der Waals surface area contributed by atoms with Gasteiger partial charge in [-0.2, -0.15) is 0 Å². The van der Waals surface area contributed by atoms with Crippen molar-refractivity contribution in [3.05, 3.63) is 51.8 Å². The molecule has 1 unspecified atom stereocenters. The number of aryl methyl sites for hydroxylation is 1. The van der Waals surface area contributed by atoms with Crippen LogP contribution in [0.5, 0.6) is 5.88 Å². The van der Waals surface area contributed by atoms with Gasteiger partial charge in [-0.25, -0.2) is 9.97 Å². The minimum Gasteiger partial charge on any atom is -0.472 e. The molecule has 0 bridgehead atoms. The Bertz CT molecular complexity index is 732. The molecule has 0 radical (unpaired) electrons. The number of nitrogens with zero attached hydrogens (tertiary/aromatic N) is 3. The zero-order valence-corrected chi connectivity index (χ0v) is 13.3. The van der Waals surface area contributed by atoms with Crippen LogP contribution in [0.2, 0.25) is 0 Å². The van der Waals surface area contributed by atoms with E-state index in [0.29, 0.717) is 30.5 Å². The van der Waals surface area contributed by atoms with Crippen LogP contribution in [0.4, 0.5) is 11.5 Å². The number of hydrogen-bond donors (Lipinski definition) is 1. The maximum atomic E-state index is 10.8. The highest BCUT2D eigenvalue weighted by molar-refractivity contribution is 5.45. The van der Waals surface area contributed by atoms with Crippen LogP contribution in [0.1, 0.15) is 17.7 Å². The van der Waals surface area contributed by atoms with Crippen LogP contribution in [0, 0.1) is 17.0 Å². The molecular weight excluding hydrogens is 312 g/mol. The molecule has 0 spiro atoms. The molecule has 1 saturated heterocycles. The Morgan fingerprint density at radius 3 is 3.04 bits per heavy atom. The van der Waals surface area contributed by atoms with Crippen LogP contribution in [0.25, 0.3) is 0 Å². The second-order valence-electron chi connectivity index (χ2n) is 5.52. The third-order valence-electron chi connectivity index (χ3n) is 3.70. The normalized spacial score (nSPS) is 16.8. The van der Waals surface area contributed by atoms with Crippen LogP contribution in [-0.4, -0.2) is 34.2 Å². The van der Waals surface area contributed by atoms with Gasteiger partial charge >= 0.3 is 0 Å². The van der Waals surface area contributed by atoms with E-state index in [-0.39, 0.29) is 11.8 Å². The van der Waals surface area contributed by atoms with Gasteiger partial charge in [0.2, 0.25) is 5.88 Å². The van der Waals surface area contributed by atoms with Crippen molar-refractivity contribution in [1.29, 1.82) is 0 Å². The molecule has 0 aliphatic carbocycles. The van der Waals surface area contributed by atoms with E-state index in [0.717, 1.165) is 18.6 Å². The van der Waals surface area contributed by atoms with Crippen LogP contribution >= 0.6 is 0 Å². The van der Waals surface area contributed by atoms with Crippen molar-refractivity contribution in [2.24, 2.45) is 0 Å². The fraction of sp³-hybridized carbons (Fsp3) is 0.375. The highest BCUT2D eigenvalue weighted by Gasteiger charge is 2.17. The third kappa shape index (κ3) is 3.96. The summed E-state index contributed by atoms with van der Waals surface area (Å²) in [5.74, 6) is 1.15. The van der Waals surface area contributed by atoms with Gasteiger partial charge in [-0.05, 0) is 24.6 Å². The molecule has 1 atom stereocenters. The lowest BCUT2D eigenvalue weighted by molar-refractivity contribution is -0.385. The summed E-state index contributed by atoms with van der Waals surface area (Å²) >= 11 is 0. The van der Waals surface area contributed by atoms with Crippen LogP contribution in [0.3, 0.4) is 0 Å². The number of hydrogen-bond acceptors (Lipinski definition) is 7. The second-order valence-corrected chi connectivity index (χ2v) is 5.52. The topological polar surface area (TPSA) is 99.4 Å². The van der Waals surface area contributed by atoms with Crippen molar-refractivity contribution >= 4 is 11.5 Å². The Labute approximate surface area is 139 Å². The molecule has 0 saturated carbocycles. The van der Waals surface area contributed by atoms with E-state index in [1.165, 1.54) is 6.07 Å². The summed E-state index contributed by atoms with van der Waals surface area (Å²) in [4.78, 5) is 18.8. The lowest BCUT2D eigenvalue weighted by atomic mass is 10.2. The Hall–Kier alpha value is -2.74. The van der Waals surface area contributed by atoms with Crippen molar-refractivity contribution < 1.29 is 14.4 Å². The molecule has 2 aromatic rings. The maximum absolute atomic E-state index is 10.8. The molecule has 2 aromatic heterocycles. The number of aromatic nitrogens is 2. The first-order valence-electron chi connectivity index (χ1n) is 7.67. The van der Waals surface area contributed by atoms with Gasteiger partial charge in [0.25, 0.3) is 5.69 Å². The molecule has 0 aromatic carbocycles. The first-order chi connectivity index (χ1) is 11.6. The molecule has 1 aliphatic rings. The lowest BCUT2D eigenvalue weighted by Gasteiger charge is -2.12. The standard InChI is InChI=1S/C16H18N4O4/c1-11-14(20(21)22)2-3-15(19-11)18-9-12-4-6-17-16(8-12)24-13-5-7-23-10-13/h2-4,6,8,13H,5,7,9-10H2,1H3,(H,18,19). The molecule has 1 aliphatic heterocycles. The quantitative estimate of drug-likeness (QED) is 0.641. The zero-order chi connectivity index (χ0) is 16.9. The first kappa shape index (κ1) is 16.1. The fourth-order valence-electron chi connectivity index (χ4n) is 2.44. The average molecular weight is 330 g/mol. The fourth-order valence-corrected chi connectivity index (χ4v) is 2.44. The zero-order valence-electron chi connectivity index (χ0n) is 13.3. The summed E-state index contributed by atoms with van der Waals surface area (Å²) in [6.45, 7) is 3.45. The van der Waals surface area contributed by atoms with Gasteiger partial charge in [-0.15, -0.1) is 0 Å². The van der Waals surface area contributed by atoms with Crippen molar-refractivity contribution in [3.63, 3.8) is 0 Å². The molecule has 8 heteroatoms. The predicted molar refractivity (Wildman–Crippen MR) is 87.0 cm³/mol. The summed E-state index contributed by atoms with van der Waals surface area (Å²) in [6, 6.07) is 6.79. The van der Waals surface area contributed by atoms with E-state index in [1.807, 2.05) is 12.1 Å². The summed E-state index contributed by atoms with van der Waals surface area (Å²) in [6.07, 6.45) is 2.62. The second kappa shape index (κ2) is 7.22. The molecular formula is C16H18N4O4. The Balaban J connectivity index is 1.62. The number of nitro groups is 1. The van der Waals surface area contributed by atoms with Crippen LogP contribution < -0.4 is 10.1 Å². The summed E-state index contributed by atoms with van der Waals surface area (Å²) in [5.41, 5.74) is 1.38. The van der Waals surface area contributed by atoms with Gasteiger partial charge in [0.15, 0.2) is 0 Å². The van der Waals surface area contributed by atoms with Gasteiger partial charge in [0, 0.05) is 31.3 Å². The highest BCUT2D eigenvalue weighted by Crippen LogP contribution is 2.19. The molecule has 1 fully saturated rings. The minimum atomic E-state index is -0.439. The van der Waals surface area contributed by atoms with Crippen LogP contribution in [-0.2, 0) is 11.3 Å². The Morgan fingerprint density at radius 2 is 2.33 bits per heavy atom. The van der Waals surface area contributed by atoms with Crippen molar-refractivity contribution in [2.45, 2.75) is 26.0 Å². The number of rotatable bonds is 6. The first-order valence-corrected chi connectivity index (χ1v) is 7.67. The maximum Gasteiger partial charge on any atom is 0.290 e. The predicted octanol–water partition coefficient (Wildman–Crippen LogP) is 2.47. The molecule has 24 heavy (non-hydrogen) atoms. The number of pyridine rings is 2. The highest BCUT2D eigenvalue weighted by atomic mass is 16.6. The van der Waals surface area contributed by atoms with E-state index in [9.17, 15) is 10.1 Å². The number of anilines is 1. The SMILES string of the molecule is Cc1nc(NCc2ccnc(OC3CCOC3)c2)ccc1[N+](=O)[O-]. The summed E-state index contributed by atoms with van der Waals surface area (Å²) in [7, 11) is 0. The lowest BCUT2D eigenvalue weighted by Crippen LogP contribution is -2.16. The monoisotopic (exact) mass is 330 g/mol.